The molecule has 0 radical (unpaired) electrons. The third-order valence-electron chi connectivity index (χ3n) is 2.99. The summed E-state index contributed by atoms with van der Waals surface area (Å²) in [4.78, 5) is 11.4. The second kappa shape index (κ2) is 2.08. The standard InChI is InChI=1S/C9H14O/c1-6-3-2-4-7-5-8(7)9(6)10/h6-8H,2-5H2,1H3/t6-,7+,8-/m0/s1. The molecule has 0 unspecified atom stereocenters. The zero-order valence-corrected chi connectivity index (χ0v) is 6.47. The van der Waals surface area contributed by atoms with E-state index >= 15 is 0 Å². The van der Waals surface area contributed by atoms with Gasteiger partial charge in [0.25, 0.3) is 0 Å². The van der Waals surface area contributed by atoms with Crippen LogP contribution in [0, 0.1) is 17.8 Å². The van der Waals surface area contributed by atoms with Gasteiger partial charge in [-0.25, -0.2) is 0 Å². The third-order valence-corrected chi connectivity index (χ3v) is 2.99. The molecule has 0 spiro atoms. The molecular formula is C9H14O. The maximum Gasteiger partial charge on any atom is 0.139 e. The van der Waals surface area contributed by atoms with Crippen LogP contribution in [-0.4, -0.2) is 5.78 Å². The fourth-order valence-corrected chi connectivity index (χ4v) is 2.11. The minimum atomic E-state index is 0.373. The summed E-state index contributed by atoms with van der Waals surface area (Å²) < 4.78 is 0. The van der Waals surface area contributed by atoms with Crippen LogP contribution >= 0.6 is 0 Å². The topological polar surface area (TPSA) is 17.1 Å². The number of ketones is 1. The van der Waals surface area contributed by atoms with Crippen molar-refractivity contribution in [3.63, 3.8) is 0 Å². The van der Waals surface area contributed by atoms with Crippen molar-refractivity contribution in [2.75, 3.05) is 0 Å². The highest BCUT2D eigenvalue weighted by Crippen LogP contribution is 2.47. The molecule has 2 aliphatic rings. The summed E-state index contributed by atoms with van der Waals surface area (Å²) in [7, 11) is 0. The normalized spacial score (nSPS) is 46.1. The van der Waals surface area contributed by atoms with E-state index in [1.165, 1.54) is 19.3 Å². The molecule has 10 heavy (non-hydrogen) atoms. The number of carbonyl (C=O) groups is 1. The van der Waals surface area contributed by atoms with Crippen molar-refractivity contribution in [2.24, 2.45) is 17.8 Å². The number of fused-ring (bicyclic) bond motifs is 1. The van der Waals surface area contributed by atoms with Crippen LogP contribution in [0.15, 0.2) is 0 Å². The first-order chi connectivity index (χ1) is 4.79. The highest BCUT2D eigenvalue weighted by Gasteiger charge is 2.45. The Bertz CT molecular complexity index is 158. The minimum Gasteiger partial charge on any atom is -0.299 e. The molecule has 1 heteroatoms. The van der Waals surface area contributed by atoms with Crippen LogP contribution in [0.4, 0.5) is 0 Å². The summed E-state index contributed by atoms with van der Waals surface area (Å²) in [6, 6.07) is 0. The Labute approximate surface area is 61.8 Å². The van der Waals surface area contributed by atoms with Gasteiger partial charge in [-0.1, -0.05) is 13.3 Å². The molecule has 0 bridgehead atoms. The van der Waals surface area contributed by atoms with Crippen molar-refractivity contribution in [1.29, 1.82) is 0 Å². The molecule has 2 rings (SSSR count). The summed E-state index contributed by atoms with van der Waals surface area (Å²) in [5.74, 6) is 2.23. The zero-order chi connectivity index (χ0) is 7.14. The van der Waals surface area contributed by atoms with Crippen LogP contribution in [0.5, 0.6) is 0 Å². The van der Waals surface area contributed by atoms with Crippen molar-refractivity contribution >= 4 is 5.78 Å². The molecule has 0 aliphatic heterocycles. The molecule has 2 aliphatic carbocycles. The minimum absolute atomic E-state index is 0.373. The molecule has 2 fully saturated rings. The number of rotatable bonds is 0. The maximum absolute atomic E-state index is 11.4. The predicted octanol–water partition coefficient (Wildman–Crippen LogP) is 2.01. The second-order valence-electron chi connectivity index (χ2n) is 3.84. The van der Waals surface area contributed by atoms with Crippen molar-refractivity contribution in [3.8, 4) is 0 Å². The van der Waals surface area contributed by atoms with E-state index in [0.29, 0.717) is 17.6 Å². The Kier molecular flexibility index (Phi) is 1.33. The fourth-order valence-electron chi connectivity index (χ4n) is 2.11. The first-order valence-corrected chi connectivity index (χ1v) is 4.33. The lowest BCUT2D eigenvalue weighted by atomic mass is 10.00. The highest BCUT2D eigenvalue weighted by atomic mass is 16.1. The lowest BCUT2D eigenvalue weighted by Gasteiger charge is -2.04. The molecule has 0 aromatic rings. The van der Waals surface area contributed by atoms with Crippen molar-refractivity contribution in [1.82, 2.24) is 0 Å². The van der Waals surface area contributed by atoms with Crippen molar-refractivity contribution in [2.45, 2.75) is 32.6 Å². The van der Waals surface area contributed by atoms with E-state index in [1.54, 1.807) is 0 Å². The van der Waals surface area contributed by atoms with Gasteiger partial charge in [0.05, 0.1) is 0 Å². The number of Topliss-reactive ketones (excluding diaryl/α,β-unsaturated/α-hetero) is 1. The summed E-state index contributed by atoms with van der Waals surface area (Å²) in [6.45, 7) is 2.09. The van der Waals surface area contributed by atoms with Gasteiger partial charge in [0.15, 0.2) is 0 Å². The monoisotopic (exact) mass is 138 g/mol. The largest absolute Gasteiger partial charge is 0.299 e. The summed E-state index contributed by atoms with van der Waals surface area (Å²) in [6.07, 6.45) is 4.96. The average molecular weight is 138 g/mol. The van der Waals surface area contributed by atoms with Crippen molar-refractivity contribution < 1.29 is 4.79 Å². The second-order valence-corrected chi connectivity index (χ2v) is 3.84. The Morgan fingerprint density at radius 1 is 1.40 bits per heavy atom. The zero-order valence-electron chi connectivity index (χ0n) is 6.47. The molecule has 1 nitrogen and oxygen atoms in total. The van der Waals surface area contributed by atoms with Crippen LogP contribution in [0.3, 0.4) is 0 Å². The van der Waals surface area contributed by atoms with Gasteiger partial charge in [-0.05, 0) is 25.2 Å². The van der Waals surface area contributed by atoms with Gasteiger partial charge in [0, 0.05) is 11.8 Å². The smallest absolute Gasteiger partial charge is 0.139 e. The Morgan fingerprint density at radius 3 is 3.00 bits per heavy atom. The Balaban J connectivity index is 2.08. The van der Waals surface area contributed by atoms with Gasteiger partial charge in [-0.2, -0.15) is 0 Å². The summed E-state index contributed by atoms with van der Waals surface area (Å²) >= 11 is 0. The molecule has 2 saturated carbocycles. The van der Waals surface area contributed by atoms with Gasteiger partial charge in [-0.3, -0.25) is 4.79 Å². The number of hydrogen-bond donors (Lipinski definition) is 0. The molecule has 56 valence electrons. The molecule has 0 heterocycles. The molecule has 3 atom stereocenters. The maximum atomic E-state index is 11.4. The molecular weight excluding hydrogens is 124 g/mol. The predicted molar refractivity (Wildman–Crippen MR) is 39.6 cm³/mol. The Hall–Kier alpha value is -0.330. The summed E-state index contributed by atoms with van der Waals surface area (Å²) in [5, 5.41) is 0. The SMILES string of the molecule is C[C@H]1CCC[C@@H]2C[C@@H]2C1=O. The molecule has 0 N–H and O–H groups in total. The van der Waals surface area contributed by atoms with Gasteiger partial charge >= 0.3 is 0 Å². The first-order valence-electron chi connectivity index (χ1n) is 4.33. The van der Waals surface area contributed by atoms with E-state index in [0.717, 1.165) is 12.3 Å². The highest BCUT2D eigenvalue weighted by molar-refractivity contribution is 5.85. The van der Waals surface area contributed by atoms with E-state index in [2.05, 4.69) is 6.92 Å². The average Bonchev–Trinajstić information content (AvgIpc) is 2.64. The quantitative estimate of drug-likeness (QED) is 0.500. The molecule has 0 amide bonds. The lowest BCUT2D eigenvalue weighted by molar-refractivity contribution is -0.123. The van der Waals surface area contributed by atoms with Gasteiger partial charge in [0.1, 0.15) is 5.78 Å². The van der Waals surface area contributed by atoms with Gasteiger partial charge < -0.3 is 0 Å². The lowest BCUT2D eigenvalue weighted by Crippen LogP contribution is -2.11. The van der Waals surface area contributed by atoms with Crippen molar-refractivity contribution in [3.05, 3.63) is 0 Å². The fraction of sp³-hybridized carbons (Fsp3) is 0.889. The molecule has 0 aromatic heterocycles. The Morgan fingerprint density at radius 2 is 2.20 bits per heavy atom. The van der Waals surface area contributed by atoms with E-state index in [9.17, 15) is 4.79 Å². The van der Waals surface area contributed by atoms with E-state index in [-0.39, 0.29) is 0 Å². The van der Waals surface area contributed by atoms with Gasteiger partial charge in [-0.15, -0.1) is 0 Å². The van der Waals surface area contributed by atoms with E-state index in [4.69, 9.17) is 0 Å². The van der Waals surface area contributed by atoms with Gasteiger partial charge in [0.2, 0.25) is 0 Å². The number of hydrogen-bond acceptors (Lipinski definition) is 1. The van der Waals surface area contributed by atoms with Crippen LogP contribution in [0.1, 0.15) is 32.6 Å². The first kappa shape index (κ1) is 6.38. The van der Waals surface area contributed by atoms with E-state index in [1.807, 2.05) is 0 Å². The molecule has 0 saturated heterocycles. The van der Waals surface area contributed by atoms with Crippen LogP contribution in [-0.2, 0) is 4.79 Å². The summed E-state index contributed by atoms with van der Waals surface area (Å²) in [5.41, 5.74) is 0. The van der Waals surface area contributed by atoms with E-state index < -0.39 is 0 Å². The molecule has 0 aromatic carbocycles. The third kappa shape index (κ3) is 0.882. The van der Waals surface area contributed by atoms with Crippen LogP contribution in [0.2, 0.25) is 0 Å². The van der Waals surface area contributed by atoms with Crippen LogP contribution < -0.4 is 0 Å². The number of carbonyl (C=O) groups excluding carboxylic acids is 1. The van der Waals surface area contributed by atoms with Crippen LogP contribution in [0.25, 0.3) is 0 Å².